The van der Waals surface area contributed by atoms with Gasteiger partial charge in [-0.25, -0.2) is 0 Å². The third-order valence-corrected chi connectivity index (χ3v) is 6.17. The smallest absolute Gasteiger partial charge is 0.239 e. The van der Waals surface area contributed by atoms with Crippen LogP contribution >= 0.6 is 0 Å². The summed E-state index contributed by atoms with van der Waals surface area (Å²) in [5, 5.41) is 50.6. The minimum atomic E-state index is -1.72. The second-order valence-corrected chi connectivity index (χ2v) is 8.33. The van der Waals surface area contributed by atoms with Crippen molar-refractivity contribution in [2.24, 2.45) is 0 Å². The van der Waals surface area contributed by atoms with Gasteiger partial charge in [0.05, 0.1) is 40.6 Å². The quantitative estimate of drug-likeness (QED) is 0.266. The lowest BCUT2D eigenvalue weighted by Gasteiger charge is -2.39. The maximum absolute atomic E-state index is 13.3. The molecule has 0 bridgehead atoms. The Kier molecular flexibility index (Phi) is 7.85. The molecule has 38 heavy (non-hydrogen) atoms. The second kappa shape index (κ2) is 10.9. The normalized spacial score (nSPS) is 23.2. The van der Waals surface area contributed by atoms with Crippen LogP contribution in [0.15, 0.2) is 33.5 Å². The number of phenolic OH excluding ortho intramolecular Hbond substituents is 1. The van der Waals surface area contributed by atoms with Gasteiger partial charge in [-0.1, -0.05) is 0 Å². The number of aliphatic hydroxyl groups is 4. The predicted molar refractivity (Wildman–Crippen MR) is 130 cm³/mol. The summed E-state index contributed by atoms with van der Waals surface area (Å²) in [6.07, 6.45) is -7.81. The zero-order chi connectivity index (χ0) is 27.7. The molecule has 1 aliphatic heterocycles. The SMILES string of the molecule is COc1cc(O)c2c(=O)c(OC)c(-c3cc(OC)c(OC)cc3O[C@@H]3O[C@H](CO)[C@@H](O)[C@@H](O)[C@H]3O)oc2c1. The van der Waals surface area contributed by atoms with Crippen LogP contribution < -0.4 is 29.1 Å². The summed E-state index contributed by atoms with van der Waals surface area (Å²) in [5.41, 5.74) is -0.647. The molecule has 0 spiro atoms. The zero-order valence-corrected chi connectivity index (χ0v) is 20.9. The maximum Gasteiger partial charge on any atom is 0.239 e. The van der Waals surface area contributed by atoms with E-state index in [0.29, 0.717) is 0 Å². The van der Waals surface area contributed by atoms with E-state index in [1.165, 1.54) is 52.7 Å². The highest BCUT2D eigenvalue weighted by Gasteiger charge is 2.45. The minimum absolute atomic E-state index is 0.0313. The molecule has 0 unspecified atom stereocenters. The van der Waals surface area contributed by atoms with Crippen molar-refractivity contribution in [1.29, 1.82) is 0 Å². The Hall–Kier alpha value is -3.75. The summed E-state index contributed by atoms with van der Waals surface area (Å²) in [4.78, 5) is 13.3. The van der Waals surface area contributed by atoms with E-state index in [-0.39, 0.29) is 56.8 Å². The maximum atomic E-state index is 13.3. The van der Waals surface area contributed by atoms with Gasteiger partial charge in [0, 0.05) is 18.2 Å². The number of methoxy groups -OCH3 is 4. The average Bonchev–Trinajstić information content (AvgIpc) is 2.92. The summed E-state index contributed by atoms with van der Waals surface area (Å²) in [5.74, 6) is -0.261. The van der Waals surface area contributed by atoms with Gasteiger partial charge >= 0.3 is 0 Å². The highest BCUT2D eigenvalue weighted by molar-refractivity contribution is 5.89. The molecular weight excluding hydrogens is 508 g/mol. The molecule has 1 aliphatic rings. The monoisotopic (exact) mass is 536 g/mol. The Morgan fingerprint density at radius 2 is 1.53 bits per heavy atom. The fourth-order valence-corrected chi connectivity index (χ4v) is 4.16. The summed E-state index contributed by atoms with van der Waals surface area (Å²) in [7, 11) is 5.38. The van der Waals surface area contributed by atoms with Gasteiger partial charge in [-0.2, -0.15) is 0 Å². The largest absolute Gasteiger partial charge is 0.507 e. The molecule has 3 aromatic rings. The van der Waals surface area contributed by atoms with Crippen molar-refractivity contribution in [3.05, 3.63) is 34.5 Å². The van der Waals surface area contributed by atoms with Crippen molar-refractivity contribution >= 4 is 11.0 Å². The van der Waals surface area contributed by atoms with E-state index >= 15 is 0 Å². The van der Waals surface area contributed by atoms with Crippen LogP contribution in [-0.4, -0.2) is 91.3 Å². The summed E-state index contributed by atoms with van der Waals surface area (Å²) in [6, 6.07) is 5.44. The number of fused-ring (bicyclic) bond motifs is 1. The fourth-order valence-electron chi connectivity index (χ4n) is 4.16. The van der Waals surface area contributed by atoms with Crippen molar-refractivity contribution in [3.63, 3.8) is 0 Å². The molecule has 5 N–H and O–H groups in total. The number of aromatic hydroxyl groups is 1. The third-order valence-electron chi connectivity index (χ3n) is 6.17. The lowest BCUT2D eigenvalue weighted by molar-refractivity contribution is -0.277. The van der Waals surface area contributed by atoms with Crippen LogP contribution in [0.25, 0.3) is 22.3 Å². The van der Waals surface area contributed by atoms with E-state index in [1.54, 1.807) is 0 Å². The van der Waals surface area contributed by atoms with Crippen LogP contribution in [0.1, 0.15) is 0 Å². The van der Waals surface area contributed by atoms with Gasteiger partial charge in [0.2, 0.25) is 17.5 Å². The van der Waals surface area contributed by atoms with Gasteiger partial charge in [0.25, 0.3) is 0 Å². The first-order valence-corrected chi connectivity index (χ1v) is 11.3. The Morgan fingerprint density at radius 3 is 2.13 bits per heavy atom. The van der Waals surface area contributed by atoms with Gasteiger partial charge in [0.1, 0.15) is 52.6 Å². The molecule has 0 amide bonds. The Bertz CT molecular complexity index is 1370. The number of aliphatic hydroxyl groups excluding tert-OH is 4. The van der Waals surface area contributed by atoms with E-state index in [4.69, 9.17) is 32.8 Å². The van der Waals surface area contributed by atoms with Gasteiger partial charge in [-0.3, -0.25) is 4.79 Å². The third kappa shape index (κ3) is 4.66. The highest BCUT2D eigenvalue weighted by atomic mass is 16.7. The molecule has 0 saturated carbocycles. The molecule has 0 aliphatic carbocycles. The van der Waals surface area contributed by atoms with Gasteiger partial charge in [-0.05, 0) is 6.07 Å². The number of hydrogen-bond acceptors (Lipinski definition) is 13. The molecule has 13 heteroatoms. The van der Waals surface area contributed by atoms with Crippen molar-refractivity contribution in [2.75, 3.05) is 35.0 Å². The molecule has 1 aromatic heterocycles. The molecule has 0 radical (unpaired) electrons. The number of benzene rings is 2. The van der Waals surface area contributed by atoms with Crippen molar-refractivity contribution in [2.45, 2.75) is 30.7 Å². The molecule has 13 nitrogen and oxygen atoms in total. The first-order valence-electron chi connectivity index (χ1n) is 11.3. The van der Waals surface area contributed by atoms with Crippen LogP contribution in [0, 0.1) is 0 Å². The van der Waals surface area contributed by atoms with Gasteiger partial charge in [-0.15, -0.1) is 0 Å². The number of phenols is 1. The Balaban J connectivity index is 1.94. The van der Waals surface area contributed by atoms with E-state index < -0.39 is 42.7 Å². The van der Waals surface area contributed by atoms with Crippen LogP contribution in [0.4, 0.5) is 0 Å². The molecular formula is C25H28O13. The first-order chi connectivity index (χ1) is 18.2. The molecule has 2 heterocycles. The topological polar surface area (TPSA) is 187 Å². The molecule has 1 saturated heterocycles. The standard InChI is InChI=1S/C25H28O13/c1-32-10-5-12(27)18-16(6-10)36-23(24(35-4)20(18)29)11-7-14(33-2)15(34-3)8-13(11)37-25-22(31)21(30)19(28)17(9-26)38-25/h5-8,17,19,21-22,25-28,30-31H,9H2,1-4H3/t17-,19-,21-,22-,25-/m1/s1. The molecule has 4 rings (SSSR count). The van der Waals surface area contributed by atoms with Gasteiger partial charge < -0.3 is 58.4 Å². The molecule has 2 aromatic carbocycles. The Morgan fingerprint density at radius 1 is 0.842 bits per heavy atom. The van der Waals surface area contributed by atoms with Crippen LogP contribution in [0.5, 0.6) is 34.5 Å². The summed E-state index contributed by atoms with van der Waals surface area (Å²) >= 11 is 0. The van der Waals surface area contributed by atoms with Crippen molar-refractivity contribution < 1.29 is 58.4 Å². The number of ether oxygens (including phenoxy) is 6. The zero-order valence-electron chi connectivity index (χ0n) is 20.9. The van der Waals surface area contributed by atoms with E-state index in [2.05, 4.69) is 0 Å². The predicted octanol–water partition coefficient (Wildman–Crippen LogP) is 0.379. The minimum Gasteiger partial charge on any atom is -0.507 e. The van der Waals surface area contributed by atoms with Crippen LogP contribution in [0.3, 0.4) is 0 Å². The molecule has 5 atom stereocenters. The average molecular weight is 536 g/mol. The van der Waals surface area contributed by atoms with E-state index in [0.717, 1.165) is 0 Å². The van der Waals surface area contributed by atoms with Crippen LogP contribution in [-0.2, 0) is 4.74 Å². The Labute approximate surface area is 215 Å². The fraction of sp³-hybridized carbons (Fsp3) is 0.400. The molecule has 206 valence electrons. The van der Waals surface area contributed by atoms with Crippen molar-refractivity contribution in [3.8, 4) is 45.8 Å². The first kappa shape index (κ1) is 27.3. The number of hydrogen-bond donors (Lipinski definition) is 5. The van der Waals surface area contributed by atoms with Gasteiger partial charge in [0.15, 0.2) is 17.3 Å². The lowest BCUT2D eigenvalue weighted by atomic mass is 9.99. The van der Waals surface area contributed by atoms with E-state index in [9.17, 15) is 30.3 Å². The second-order valence-electron chi connectivity index (χ2n) is 8.33. The van der Waals surface area contributed by atoms with E-state index in [1.807, 2.05) is 0 Å². The number of rotatable bonds is 8. The highest BCUT2D eigenvalue weighted by Crippen LogP contribution is 2.45. The summed E-state index contributed by atoms with van der Waals surface area (Å²) < 4.78 is 38.6. The lowest BCUT2D eigenvalue weighted by Crippen LogP contribution is -2.60. The van der Waals surface area contributed by atoms with Crippen LogP contribution in [0.2, 0.25) is 0 Å². The molecule has 1 fully saturated rings. The summed E-state index contributed by atoms with van der Waals surface area (Å²) in [6.45, 7) is -0.664. The van der Waals surface area contributed by atoms with Crippen molar-refractivity contribution in [1.82, 2.24) is 0 Å².